The number of nitrogens with zero attached hydrogens (tertiary/aromatic N) is 3. The van der Waals surface area contributed by atoms with Crippen molar-refractivity contribution in [2.24, 2.45) is 0 Å². The van der Waals surface area contributed by atoms with Crippen LogP contribution >= 0.6 is 0 Å². The number of nitrogen functional groups attached to an aromatic ring is 1. The zero-order valence-corrected chi connectivity index (χ0v) is 18.1. The third-order valence-electron chi connectivity index (χ3n) is 5.70. The number of likely N-dealkylation sites (tertiary alicyclic amines) is 1. The molecule has 0 bridgehead atoms. The summed E-state index contributed by atoms with van der Waals surface area (Å²) in [4.78, 5) is 26.5. The number of H-pyrrole nitrogens is 1. The van der Waals surface area contributed by atoms with E-state index in [0.29, 0.717) is 42.9 Å². The van der Waals surface area contributed by atoms with E-state index >= 15 is 0 Å². The lowest BCUT2D eigenvalue weighted by Gasteiger charge is -2.32. The highest BCUT2D eigenvalue weighted by molar-refractivity contribution is 5.99. The van der Waals surface area contributed by atoms with E-state index in [0.717, 1.165) is 17.7 Å². The van der Waals surface area contributed by atoms with Crippen LogP contribution < -0.4 is 10.5 Å². The number of aromatic nitrogens is 3. The third kappa shape index (κ3) is 4.87. The number of aromatic amines is 1. The van der Waals surface area contributed by atoms with E-state index in [-0.39, 0.29) is 23.1 Å². The number of imidazole rings is 1. The van der Waals surface area contributed by atoms with Crippen LogP contribution in [0.5, 0.6) is 5.75 Å². The molecule has 0 radical (unpaired) electrons. The van der Waals surface area contributed by atoms with Gasteiger partial charge in [-0.1, -0.05) is 0 Å². The molecule has 4 N–H and O–H groups in total. The van der Waals surface area contributed by atoms with Crippen molar-refractivity contribution in [3.63, 3.8) is 0 Å². The van der Waals surface area contributed by atoms with Gasteiger partial charge in [0.2, 0.25) is 0 Å². The van der Waals surface area contributed by atoms with Gasteiger partial charge in [-0.25, -0.2) is 9.97 Å². The summed E-state index contributed by atoms with van der Waals surface area (Å²) >= 11 is 0. The van der Waals surface area contributed by atoms with Gasteiger partial charge in [-0.05, 0) is 56.4 Å². The van der Waals surface area contributed by atoms with Crippen molar-refractivity contribution in [1.29, 1.82) is 0 Å². The summed E-state index contributed by atoms with van der Waals surface area (Å²) in [5, 5.41) is 10.3. The second kappa shape index (κ2) is 8.22. The summed E-state index contributed by atoms with van der Waals surface area (Å²) in [7, 11) is 0. The van der Waals surface area contributed by atoms with Crippen molar-refractivity contribution in [3.05, 3.63) is 47.4 Å². The van der Waals surface area contributed by atoms with Gasteiger partial charge < -0.3 is 25.5 Å². The van der Waals surface area contributed by atoms with Gasteiger partial charge in [-0.15, -0.1) is 13.2 Å². The second-order valence-electron chi connectivity index (χ2n) is 8.61. The molecule has 176 valence electrons. The molecule has 1 amide bonds. The van der Waals surface area contributed by atoms with Gasteiger partial charge in [-0.2, -0.15) is 0 Å². The van der Waals surface area contributed by atoms with Gasteiger partial charge in [-0.3, -0.25) is 4.79 Å². The number of alkyl halides is 3. The Morgan fingerprint density at radius 3 is 2.55 bits per heavy atom. The average Bonchev–Trinajstić information content (AvgIpc) is 3.17. The molecule has 1 aromatic carbocycles. The Balaban J connectivity index is 1.47. The van der Waals surface area contributed by atoms with Crippen molar-refractivity contribution in [3.8, 4) is 5.75 Å². The number of piperidine rings is 1. The molecular weight excluding hydrogens is 439 g/mol. The predicted octanol–water partition coefficient (Wildman–Crippen LogP) is 3.69. The van der Waals surface area contributed by atoms with Crippen LogP contribution in [0.15, 0.2) is 30.5 Å². The number of carbonyl (C=O) groups excluding carboxylic acids is 1. The number of amides is 1. The topological polar surface area (TPSA) is 117 Å². The summed E-state index contributed by atoms with van der Waals surface area (Å²) in [6, 6.07) is 5.23. The van der Waals surface area contributed by atoms with Crippen LogP contribution in [-0.2, 0) is 5.60 Å². The van der Waals surface area contributed by atoms with Crippen LogP contribution in [0.1, 0.15) is 54.4 Å². The van der Waals surface area contributed by atoms with Crippen LogP contribution in [-0.4, -0.2) is 50.3 Å². The van der Waals surface area contributed by atoms with E-state index in [2.05, 4.69) is 19.7 Å². The van der Waals surface area contributed by atoms with Gasteiger partial charge in [0.05, 0.1) is 5.56 Å². The number of carbonyl (C=O) groups is 1. The number of benzene rings is 1. The molecule has 11 heteroatoms. The second-order valence-corrected chi connectivity index (χ2v) is 8.61. The number of nitrogens with one attached hydrogen (secondary N) is 1. The molecule has 0 saturated carbocycles. The maximum absolute atomic E-state index is 12.9. The first-order valence-corrected chi connectivity index (χ1v) is 10.4. The minimum atomic E-state index is -4.83. The van der Waals surface area contributed by atoms with Gasteiger partial charge in [0.1, 0.15) is 22.7 Å². The van der Waals surface area contributed by atoms with Crippen molar-refractivity contribution >= 4 is 22.8 Å². The smallest absolute Gasteiger partial charge is 0.406 e. The largest absolute Gasteiger partial charge is 0.573 e. The maximum atomic E-state index is 12.9. The summed E-state index contributed by atoms with van der Waals surface area (Å²) in [6.45, 7) is 4.19. The number of halogens is 3. The van der Waals surface area contributed by atoms with E-state index in [9.17, 15) is 23.1 Å². The minimum Gasteiger partial charge on any atom is -0.406 e. The first kappa shape index (κ1) is 22.8. The van der Waals surface area contributed by atoms with Crippen molar-refractivity contribution < 1.29 is 27.8 Å². The van der Waals surface area contributed by atoms with Crippen molar-refractivity contribution in [2.75, 3.05) is 18.8 Å². The number of aliphatic hydroxyl groups is 1. The fourth-order valence-corrected chi connectivity index (χ4v) is 4.05. The average molecular weight is 463 g/mol. The Hall–Kier alpha value is -3.34. The van der Waals surface area contributed by atoms with Gasteiger partial charge >= 0.3 is 6.36 Å². The first-order chi connectivity index (χ1) is 15.4. The molecule has 3 heterocycles. The maximum Gasteiger partial charge on any atom is 0.573 e. The molecule has 8 nitrogen and oxygen atoms in total. The molecule has 2 aromatic heterocycles. The van der Waals surface area contributed by atoms with Crippen LogP contribution in [0, 0.1) is 0 Å². The lowest BCUT2D eigenvalue weighted by atomic mass is 9.89. The van der Waals surface area contributed by atoms with E-state index < -0.39 is 17.7 Å². The number of hydrogen-bond acceptors (Lipinski definition) is 6. The van der Waals surface area contributed by atoms with Crippen LogP contribution in [0.2, 0.25) is 0 Å². The molecule has 0 atom stereocenters. The normalized spacial score (nSPS) is 15.8. The Morgan fingerprint density at radius 1 is 1.24 bits per heavy atom. The van der Waals surface area contributed by atoms with E-state index in [4.69, 9.17) is 5.73 Å². The number of nitrogens with two attached hydrogens (primary N) is 1. The number of hydrogen-bond donors (Lipinski definition) is 3. The molecule has 1 fully saturated rings. The van der Waals surface area contributed by atoms with Crippen LogP contribution in [0.3, 0.4) is 0 Å². The van der Waals surface area contributed by atoms with Gasteiger partial charge in [0.25, 0.3) is 5.91 Å². The lowest BCUT2D eigenvalue weighted by Crippen LogP contribution is -2.38. The molecular formula is C22H24F3N5O3. The molecule has 0 unspecified atom stereocenters. The quantitative estimate of drug-likeness (QED) is 0.508. The van der Waals surface area contributed by atoms with Crippen LogP contribution in [0.4, 0.5) is 18.9 Å². The Bertz CT molecular complexity index is 1180. The standard InChI is InChI=1S/C22H24F3N5O3/c1-21(2,32)20-28-17-14(5-8-27-18(17)29-20)12-6-9-30(10-7-12)19(31)15-4-3-13(11-16(15)26)33-22(23,24)25/h3-5,8,11-12,32H,6-7,9-10,26H2,1-2H3,(H,27,28,29). The molecule has 3 aromatic rings. The van der Waals surface area contributed by atoms with E-state index in [1.807, 2.05) is 6.07 Å². The first-order valence-electron chi connectivity index (χ1n) is 10.4. The molecule has 33 heavy (non-hydrogen) atoms. The molecule has 1 aliphatic heterocycles. The molecule has 4 rings (SSSR count). The van der Waals surface area contributed by atoms with E-state index in [1.54, 1.807) is 24.9 Å². The molecule has 0 spiro atoms. The van der Waals surface area contributed by atoms with Crippen LogP contribution in [0.25, 0.3) is 11.2 Å². The number of ether oxygens (including phenoxy) is 1. The number of pyridine rings is 1. The van der Waals surface area contributed by atoms with E-state index in [1.165, 1.54) is 6.07 Å². The molecule has 0 aliphatic carbocycles. The SMILES string of the molecule is CC(C)(O)c1nc2c(C3CCN(C(=O)c4ccc(OC(F)(F)F)cc4N)CC3)ccnc2[nH]1. The molecule has 1 saturated heterocycles. The summed E-state index contributed by atoms with van der Waals surface area (Å²) in [5.41, 5.74) is 7.05. The predicted molar refractivity (Wildman–Crippen MR) is 115 cm³/mol. The monoisotopic (exact) mass is 463 g/mol. The number of rotatable bonds is 4. The fraction of sp³-hybridized carbons (Fsp3) is 0.409. The molecule has 1 aliphatic rings. The Morgan fingerprint density at radius 2 is 1.94 bits per heavy atom. The highest BCUT2D eigenvalue weighted by Gasteiger charge is 2.32. The fourth-order valence-electron chi connectivity index (χ4n) is 4.05. The highest BCUT2D eigenvalue weighted by atomic mass is 19.4. The van der Waals surface area contributed by atoms with Crippen molar-refractivity contribution in [1.82, 2.24) is 19.9 Å². The lowest BCUT2D eigenvalue weighted by molar-refractivity contribution is -0.274. The summed E-state index contributed by atoms with van der Waals surface area (Å²) in [5.74, 6) is -0.245. The van der Waals surface area contributed by atoms with Crippen molar-refractivity contribution in [2.45, 2.75) is 44.6 Å². The minimum absolute atomic E-state index is 0.0737. The third-order valence-corrected chi connectivity index (χ3v) is 5.70. The Labute approximate surface area is 187 Å². The van der Waals surface area contributed by atoms with Gasteiger partial charge in [0, 0.05) is 31.0 Å². The number of anilines is 1. The highest BCUT2D eigenvalue weighted by Crippen LogP contribution is 2.34. The summed E-state index contributed by atoms with van der Waals surface area (Å²) < 4.78 is 41.0. The number of fused-ring (bicyclic) bond motifs is 1. The zero-order chi connectivity index (χ0) is 24.0. The zero-order valence-electron chi connectivity index (χ0n) is 18.1. The Kier molecular flexibility index (Phi) is 5.69. The van der Waals surface area contributed by atoms with Gasteiger partial charge in [0.15, 0.2) is 5.65 Å². The summed E-state index contributed by atoms with van der Waals surface area (Å²) in [6.07, 6.45) is -1.80.